The topological polar surface area (TPSA) is 93.5 Å². The van der Waals surface area contributed by atoms with Crippen LogP contribution in [0, 0.1) is 10.1 Å². The Balaban J connectivity index is 1.87. The Morgan fingerprint density at radius 2 is 1.77 bits per heavy atom. The van der Waals surface area contributed by atoms with E-state index in [4.69, 9.17) is 0 Å². The molecule has 0 saturated heterocycles. The second kappa shape index (κ2) is 8.19. The molecule has 7 nitrogen and oxygen atoms in total. The van der Waals surface area contributed by atoms with Gasteiger partial charge in [-0.1, -0.05) is 24.3 Å². The Bertz CT molecular complexity index is 779. The molecule has 2 aromatic carbocycles. The summed E-state index contributed by atoms with van der Waals surface area (Å²) in [4.78, 5) is 22.1. The lowest BCUT2D eigenvalue weighted by Gasteiger charge is -2.10. The summed E-state index contributed by atoms with van der Waals surface area (Å²) in [6.07, 6.45) is -4.42. The summed E-state index contributed by atoms with van der Waals surface area (Å²) in [5.41, 5.74) is 0.418. The van der Waals surface area contributed by atoms with E-state index in [1.807, 2.05) is 0 Å². The zero-order valence-electron chi connectivity index (χ0n) is 13.2. The fraction of sp³-hybridized carbons (Fsp3) is 0.188. The Morgan fingerprint density at radius 1 is 1.12 bits per heavy atom. The SMILES string of the molecule is O=C(NCc1ccc(OCC(F)(F)F)cc1)Nc1ccccc1[N+](=O)[O-]. The molecular formula is C16H14F3N3O4. The van der Waals surface area contributed by atoms with Gasteiger partial charge in [-0.05, 0) is 23.8 Å². The standard InChI is InChI=1S/C16H14F3N3O4/c17-16(18,19)10-26-12-7-5-11(6-8-12)9-20-15(23)21-13-3-1-2-4-14(13)22(24)25/h1-8H,9-10H2,(H2,20,21,23). The molecule has 10 heteroatoms. The fourth-order valence-electron chi connectivity index (χ4n) is 1.96. The number of nitrogens with zero attached hydrogens (tertiary/aromatic N) is 1. The van der Waals surface area contributed by atoms with Gasteiger partial charge in [0.25, 0.3) is 5.69 Å². The number of carbonyl (C=O) groups is 1. The van der Waals surface area contributed by atoms with Gasteiger partial charge in [-0.3, -0.25) is 10.1 Å². The van der Waals surface area contributed by atoms with Crippen LogP contribution in [0.5, 0.6) is 5.75 Å². The second-order valence-corrected chi connectivity index (χ2v) is 5.13. The molecule has 0 bridgehead atoms. The molecule has 0 fully saturated rings. The lowest BCUT2D eigenvalue weighted by molar-refractivity contribution is -0.383. The van der Waals surface area contributed by atoms with E-state index in [0.29, 0.717) is 5.56 Å². The van der Waals surface area contributed by atoms with Crippen molar-refractivity contribution < 1.29 is 27.6 Å². The number of nitro groups is 1. The van der Waals surface area contributed by atoms with E-state index in [9.17, 15) is 28.1 Å². The largest absolute Gasteiger partial charge is 0.484 e. The predicted molar refractivity (Wildman–Crippen MR) is 86.9 cm³/mol. The van der Waals surface area contributed by atoms with Crippen LogP contribution in [0.3, 0.4) is 0 Å². The predicted octanol–water partition coefficient (Wildman–Crippen LogP) is 3.86. The monoisotopic (exact) mass is 369 g/mol. The highest BCUT2D eigenvalue weighted by molar-refractivity contribution is 5.91. The molecule has 0 heterocycles. The summed E-state index contributed by atoms with van der Waals surface area (Å²) in [6.45, 7) is -1.31. The molecule has 2 aromatic rings. The highest BCUT2D eigenvalue weighted by Crippen LogP contribution is 2.23. The van der Waals surface area contributed by atoms with E-state index in [1.165, 1.54) is 42.5 Å². The van der Waals surface area contributed by atoms with E-state index >= 15 is 0 Å². The van der Waals surface area contributed by atoms with Gasteiger partial charge in [0.15, 0.2) is 6.61 Å². The maximum atomic E-state index is 12.1. The number of para-hydroxylation sites is 2. The summed E-state index contributed by atoms with van der Waals surface area (Å²) in [5.74, 6) is 0.0513. The van der Waals surface area contributed by atoms with Gasteiger partial charge >= 0.3 is 12.2 Å². The summed E-state index contributed by atoms with van der Waals surface area (Å²) < 4.78 is 40.8. The number of nitro benzene ring substituents is 1. The third-order valence-electron chi connectivity index (χ3n) is 3.13. The number of amides is 2. The number of hydrogen-bond acceptors (Lipinski definition) is 4. The molecule has 26 heavy (non-hydrogen) atoms. The van der Waals surface area contributed by atoms with Gasteiger partial charge < -0.3 is 15.4 Å². The Kier molecular flexibility index (Phi) is 5.99. The summed E-state index contributed by atoms with van der Waals surface area (Å²) in [7, 11) is 0. The number of anilines is 1. The molecule has 138 valence electrons. The smallest absolute Gasteiger partial charge is 0.422 e. The van der Waals surface area contributed by atoms with Gasteiger partial charge in [-0.15, -0.1) is 0 Å². The number of nitrogens with one attached hydrogen (secondary N) is 2. The summed E-state index contributed by atoms with van der Waals surface area (Å²) >= 11 is 0. The highest BCUT2D eigenvalue weighted by atomic mass is 19.4. The zero-order valence-corrected chi connectivity index (χ0v) is 13.2. The fourth-order valence-corrected chi connectivity index (χ4v) is 1.96. The van der Waals surface area contributed by atoms with Crippen molar-refractivity contribution in [3.05, 3.63) is 64.2 Å². The molecule has 0 aromatic heterocycles. The zero-order chi connectivity index (χ0) is 19.2. The van der Waals surface area contributed by atoms with Gasteiger partial charge in [0.2, 0.25) is 0 Å². The van der Waals surface area contributed by atoms with Crippen molar-refractivity contribution in [2.75, 3.05) is 11.9 Å². The number of carbonyl (C=O) groups excluding carboxylic acids is 1. The Morgan fingerprint density at radius 3 is 2.38 bits per heavy atom. The first-order valence-electron chi connectivity index (χ1n) is 7.31. The van der Waals surface area contributed by atoms with Crippen LogP contribution >= 0.6 is 0 Å². The highest BCUT2D eigenvalue weighted by Gasteiger charge is 2.28. The van der Waals surface area contributed by atoms with Crippen LogP contribution in [0.15, 0.2) is 48.5 Å². The van der Waals surface area contributed by atoms with Gasteiger partial charge in [0.1, 0.15) is 11.4 Å². The maximum Gasteiger partial charge on any atom is 0.422 e. The van der Waals surface area contributed by atoms with E-state index in [-0.39, 0.29) is 23.7 Å². The number of benzene rings is 2. The number of hydrogen-bond donors (Lipinski definition) is 2. The van der Waals surface area contributed by atoms with Crippen molar-refractivity contribution in [1.82, 2.24) is 5.32 Å². The molecule has 2 N–H and O–H groups in total. The first-order chi connectivity index (χ1) is 12.2. The molecule has 0 saturated carbocycles. The average molecular weight is 369 g/mol. The number of ether oxygens (including phenoxy) is 1. The first-order valence-corrected chi connectivity index (χ1v) is 7.31. The van der Waals surface area contributed by atoms with Crippen LogP contribution < -0.4 is 15.4 Å². The minimum Gasteiger partial charge on any atom is -0.484 e. The van der Waals surface area contributed by atoms with E-state index < -0.39 is 23.7 Å². The van der Waals surface area contributed by atoms with E-state index in [1.54, 1.807) is 6.07 Å². The maximum absolute atomic E-state index is 12.1. The van der Waals surface area contributed by atoms with Gasteiger partial charge in [-0.25, -0.2) is 4.79 Å². The molecule has 0 aliphatic rings. The minimum atomic E-state index is -4.42. The van der Waals surface area contributed by atoms with Crippen molar-refractivity contribution in [3.63, 3.8) is 0 Å². The molecule has 0 aliphatic carbocycles. The summed E-state index contributed by atoms with van der Waals surface area (Å²) in [5, 5.41) is 15.7. The molecule has 0 spiro atoms. The third-order valence-corrected chi connectivity index (χ3v) is 3.13. The van der Waals surface area contributed by atoms with Crippen LogP contribution in [0.4, 0.5) is 29.3 Å². The minimum absolute atomic E-state index is 0.0471. The number of rotatable bonds is 6. The van der Waals surface area contributed by atoms with Crippen molar-refractivity contribution in [2.45, 2.75) is 12.7 Å². The third kappa shape index (κ3) is 5.96. The van der Waals surface area contributed by atoms with Crippen molar-refractivity contribution in [1.29, 1.82) is 0 Å². The number of urea groups is 1. The van der Waals surface area contributed by atoms with E-state index in [0.717, 1.165) is 0 Å². The lowest BCUT2D eigenvalue weighted by Crippen LogP contribution is -2.28. The summed E-state index contributed by atoms with van der Waals surface area (Å²) in [6, 6.07) is 10.7. The normalized spacial score (nSPS) is 10.9. The van der Waals surface area contributed by atoms with Crippen LogP contribution in [0.1, 0.15) is 5.56 Å². The van der Waals surface area contributed by atoms with Crippen molar-refractivity contribution >= 4 is 17.4 Å². The van der Waals surface area contributed by atoms with Gasteiger partial charge in [0, 0.05) is 12.6 Å². The van der Waals surface area contributed by atoms with Crippen molar-refractivity contribution in [3.8, 4) is 5.75 Å². The van der Waals surface area contributed by atoms with E-state index in [2.05, 4.69) is 15.4 Å². The molecule has 2 rings (SSSR count). The number of halogens is 3. The Hall–Kier alpha value is -3.30. The number of alkyl halides is 3. The van der Waals surface area contributed by atoms with Crippen LogP contribution in [-0.4, -0.2) is 23.7 Å². The van der Waals surface area contributed by atoms with Crippen LogP contribution in [0.2, 0.25) is 0 Å². The van der Waals surface area contributed by atoms with Gasteiger partial charge in [0.05, 0.1) is 4.92 Å². The van der Waals surface area contributed by atoms with Gasteiger partial charge in [-0.2, -0.15) is 13.2 Å². The van der Waals surface area contributed by atoms with Crippen molar-refractivity contribution in [2.24, 2.45) is 0 Å². The molecule has 0 radical (unpaired) electrons. The molecular weight excluding hydrogens is 355 g/mol. The van der Waals surface area contributed by atoms with Crippen LogP contribution in [0.25, 0.3) is 0 Å². The quantitative estimate of drug-likeness (QED) is 0.597. The molecule has 0 aliphatic heterocycles. The molecule has 2 amide bonds. The molecule has 0 atom stereocenters. The van der Waals surface area contributed by atoms with Crippen LogP contribution in [-0.2, 0) is 6.54 Å². The second-order valence-electron chi connectivity index (χ2n) is 5.13. The lowest BCUT2D eigenvalue weighted by atomic mass is 10.2. The average Bonchev–Trinajstić information content (AvgIpc) is 2.58. The Labute approximate surface area is 145 Å². The first kappa shape index (κ1) is 19.0. The molecule has 0 unspecified atom stereocenters.